The Kier molecular flexibility index (Phi) is 8.03. The fraction of sp³-hybridized carbons (Fsp3) is 0.381. The second-order valence-corrected chi connectivity index (χ2v) is 9.76. The molecule has 10 nitrogen and oxygen atoms in total. The van der Waals surface area contributed by atoms with Gasteiger partial charge in [-0.25, -0.2) is 26.0 Å². The molecule has 2 N–H and O–H groups in total. The molecule has 1 aliphatic heterocycles. The number of carbonyl (C=O) groups excluding carboxylic acids is 3. The molecule has 0 radical (unpaired) electrons. The van der Waals surface area contributed by atoms with Crippen LogP contribution in [-0.4, -0.2) is 79.1 Å². The number of aromatic nitrogens is 1. The zero-order chi connectivity index (χ0) is 26.8. The van der Waals surface area contributed by atoms with Crippen LogP contribution in [0.5, 0.6) is 0 Å². The van der Waals surface area contributed by atoms with E-state index in [1.807, 2.05) is 0 Å². The van der Waals surface area contributed by atoms with Crippen molar-refractivity contribution in [1.82, 2.24) is 19.1 Å². The molecule has 1 aliphatic rings. The third-order valence-corrected chi connectivity index (χ3v) is 7.35. The SMILES string of the molecule is CCNC(=O)C(=O)N1CCN(S(=O)(=O)c2cn(C)c(C(=O)CNc3cc(F)c(F)c(F)c3)c2F)CC1. The molecule has 0 bridgehead atoms. The average molecular weight is 534 g/mol. The number of likely N-dealkylation sites (N-methyl/N-ethyl adjacent to an activating group) is 1. The van der Waals surface area contributed by atoms with Crippen molar-refractivity contribution >= 4 is 33.3 Å². The molecule has 0 atom stereocenters. The van der Waals surface area contributed by atoms with Gasteiger partial charge in [-0.2, -0.15) is 4.31 Å². The van der Waals surface area contributed by atoms with Gasteiger partial charge in [0.15, 0.2) is 23.3 Å². The summed E-state index contributed by atoms with van der Waals surface area (Å²) >= 11 is 0. The molecule has 15 heteroatoms. The van der Waals surface area contributed by atoms with E-state index in [0.717, 1.165) is 15.1 Å². The second kappa shape index (κ2) is 10.7. The Morgan fingerprint density at radius 3 is 2.11 bits per heavy atom. The van der Waals surface area contributed by atoms with Gasteiger partial charge < -0.3 is 20.1 Å². The zero-order valence-electron chi connectivity index (χ0n) is 19.3. The second-order valence-electron chi connectivity index (χ2n) is 7.85. The van der Waals surface area contributed by atoms with E-state index in [0.29, 0.717) is 12.1 Å². The Morgan fingerprint density at radius 1 is 0.972 bits per heavy atom. The molecule has 196 valence electrons. The van der Waals surface area contributed by atoms with E-state index in [4.69, 9.17) is 0 Å². The number of rotatable bonds is 7. The van der Waals surface area contributed by atoms with Crippen LogP contribution < -0.4 is 10.6 Å². The van der Waals surface area contributed by atoms with Gasteiger partial charge in [0.05, 0.1) is 6.54 Å². The van der Waals surface area contributed by atoms with Gasteiger partial charge in [-0.05, 0) is 6.92 Å². The number of nitrogens with zero attached hydrogens (tertiary/aromatic N) is 3. The van der Waals surface area contributed by atoms with Crippen molar-refractivity contribution in [3.63, 3.8) is 0 Å². The number of anilines is 1. The summed E-state index contributed by atoms with van der Waals surface area (Å²) in [6.07, 6.45) is 0.918. The van der Waals surface area contributed by atoms with Crippen molar-refractivity contribution in [2.75, 3.05) is 44.6 Å². The first kappa shape index (κ1) is 27.1. The Balaban J connectivity index is 1.72. The zero-order valence-corrected chi connectivity index (χ0v) is 20.1. The Morgan fingerprint density at radius 2 is 1.56 bits per heavy atom. The summed E-state index contributed by atoms with van der Waals surface area (Å²) in [6.45, 7) is 0.637. The largest absolute Gasteiger partial charge is 0.377 e. The lowest BCUT2D eigenvalue weighted by Crippen LogP contribution is -2.53. The molecule has 2 amide bonds. The highest BCUT2D eigenvalue weighted by Crippen LogP contribution is 2.25. The molecule has 36 heavy (non-hydrogen) atoms. The van der Waals surface area contributed by atoms with Crippen LogP contribution in [0.15, 0.2) is 23.2 Å². The summed E-state index contributed by atoms with van der Waals surface area (Å²) < 4.78 is 82.9. The van der Waals surface area contributed by atoms with Crippen molar-refractivity contribution in [2.24, 2.45) is 7.05 Å². The van der Waals surface area contributed by atoms with Gasteiger partial charge in [-0.3, -0.25) is 14.4 Å². The number of benzene rings is 1. The third-order valence-electron chi connectivity index (χ3n) is 5.46. The number of carbonyl (C=O) groups is 3. The maximum atomic E-state index is 15.1. The van der Waals surface area contributed by atoms with Crippen LogP contribution in [0.2, 0.25) is 0 Å². The third kappa shape index (κ3) is 5.36. The highest BCUT2D eigenvalue weighted by molar-refractivity contribution is 7.89. The predicted molar refractivity (Wildman–Crippen MR) is 119 cm³/mol. The molecule has 1 aromatic carbocycles. The normalized spacial score (nSPS) is 14.6. The molecule has 2 heterocycles. The van der Waals surface area contributed by atoms with Gasteiger partial charge in [-0.1, -0.05) is 0 Å². The molecular weight excluding hydrogens is 510 g/mol. The summed E-state index contributed by atoms with van der Waals surface area (Å²) in [4.78, 5) is 36.8. The summed E-state index contributed by atoms with van der Waals surface area (Å²) in [7, 11) is -3.16. The topological polar surface area (TPSA) is 121 Å². The van der Waals surface area contributed by atoms with E-state index in [-0.39, 0.29) is 38.4 Å². The maximum absolute atomic E-state index is 15.1. The number of amides is 2. The van der Waals surface area contributed by atoms with Crippen molar-refractivity contribution in [2.45, 2.75) is 11.8 Å². The number of Topliss-reactive ketones (excluding diaryl/α,β-unsaturated/α-hetero) is 1. The Bertz CT molecular complexity index is 1280. The Labute approximate surface area is 203 Å². The van der Waals surface area contributed by atoms with Gasteiger partial charge in [0.2, 0.25) is 15.8 Å². The quantitative estimate of drug-likeness (QED) is 0.236. The van der Waals surface area contributed by atoms with Crippen LogP contribution in [0.25, 0.3) is 0 Å². The van der Waals surface area contributed by atoms with Crippen LogP contribution in [0.1, 0.15) is 17.4 Å². The Hall–Kier alpha value is -3.46. The predicted octanol–water partition coefficient (Wildman–Crippen LogP) is 0.845. The molecule has 0 unspecified atom stereocenters. The first-order valence-corrected chi connectivity index (χ1v) is 12.2. The van der Waals surface area contributed by atoms with E-state index in [2.05, 4.69) is 10.6 Å². The summed E-state index contributed by atoms with van der Waals surface area (Å²) in [5.41, 5.74) is -0.878. The molecule has 0 aliphatic carbocycles. The monoisotopic (exact) mass is 533 g/mol. The number of ketones is 1. The first-order chi connectivity index (χ1) is 16.9. The van der Waals surface area contributed by atoms with Crippen LogP contribution in [0.4, 0.5) is 23.2 Å². The van der Waals surface area contributed by atoms with Crippen LogP contribution in [0, 0.1) is 23.3 Å². The summed E-state index contributed by atoms with van der Waals surface area (Å²) in [6, 6.07) is 1.22. The van der Waals surface area contributed by atoms with Crippen LogP contribution in [0.3, 0.4) is 0 Å². The lowest BCUT2D eigenvalue weighted by atomic mass is 10.2. The van der Waals surface area contributed by atoms with Crippen LogP contribution in [-0.2, 0) is 26.7 Å². The minimum absolute atomic E-state index is 0.0931. The number of sulfonamides is 1. The van der Waals surface area contributed by atoms with Gasteiger partial charge in [-0.15, -0.1) is 0 Å². The van der Waals surface area contributed by atoms with Gasteiger partial charge in [0.25, 0.3) is 0 Å². The maximum Gasteiger partial charge on any atom is 0.311 e. The molecular formula is C21H23F4N5O5S. The minimum atomic E-state index is -4.41. The van der Waals surface area contributed by atoms with E-state index >= 15 is 4.39 Å². The molecule has 0 spiro atoms. The lowest BCUT2D eigenvalue weighted by molar-refractivity contribution is -0.146. The lowest BCUT2D eigenvalue weighted by Gasteiger charge is -2.33. The molecule has 1 aromatic heterocycles. The first-order valence-electron chi connectivity index (χ1n) is 10.7. The van der Waals surface area contributed by atoms with Crippen LogP contribution >= 0.6 is 0 Å². The molecule has 2 aromatic rings. The molecule has 0 saturated carbocycles. The average Bonchev–Trinajstić information content (AvgIpc) is 3.15. The van der Waals surface area contributed by atoms with Crippen molar-refractivity contribution in [3.8, 4) is 0 Å². The number of hydrogen-bond donors (Lipinski definition) is 2. The number of piperazine rings is 1. The fourth-order valence-electron chi connectivity index (χ4n) is 3.64. The van der Waals surface area contributed by atoms with Gasteiger partial charge in [0.1, 0.15) is 10.6 Å². The number of nitrogens with one attached hydrogen (secondary N) is 2. The van der Waals surface area contributed by atoms with Crippen molar-refractivity contribution < 1.29 is 40.4 Å². The van der Waals surface area contributed by atoms with E-state index < -0.39 is 68.0 Å². The number of halogens is 4. The molecule has 1 saturated heterocycles. The summed E-state index contributed by atoms with van der Waals surface area (Å²) in [5.74, 6) is -8.54. The van der Waals surface area contributed by atoms with Crippen molar-refractivity contribution in [1.29, 1.82) is 0 Å². The van der Waals surface area contributed by atoms with E-state index in [1.165, 1.54) is 11.9 Å². The molecule has 1 fully saturated rings. The number of hydrogen-bond acceptors (Lipinski definition) is 6. The smallest absolute Gasteiger partial charge is 0.311 e. The van der Waals surface area contributed by atoms with E-state index in [1.54, 1.807) is 6.92 Å². The number of aryl methyl sites for hydroxylation is 1. The highest BCUT2D eigenvalue weighted by atomic mass is 32.2. The standard InChI is InChI=1S/C21H23F4N5O5S/c1-3-26-20(32)21(33)29-4-6-30(7-5-29)36(34,35)16-11-28(2)19(18(16)25)15(31)10-27-12-8-13(22)17(24)14(23)9-12/h8-9,11,27H,3-7,10H2,1-2H3,(H,26,32). The summed E-state index contributed by atoms with van der Waals surface area (Å²) in [5, 5.41) is 4.71. The highest BCUT2D eigenvalue weighted by Gasteiger charge is 2.36. The van der Waals surface area contributed by atoms with E-state index in [9.17, 15) is 36.0 Å². The fourth-order valence-corrected chi connectivity index (χ4v) is 5.18. The van der Waals surface area contributed by atoms with Gasteiger partial charge in [0, 0.05) is 63.8 Å². The van der Waals surface area contributed by atoms with Gasteiger partial charge >= 0.3 is 11.8 Å². The van der Waals surface area contributed by atoms with Crippen molar-refractivity contribution in [3.05, 3.63) is 47.3 Å². The molecule has 3 rings (SSSR count). The minimum Gasteiger partial charge on any atom is -0.377 e.